The van der Waals surface area contributed by atoms with Gasteiger partial charge in [-0.1, -0.05) is 6.92 Å². The van der Waals surface area contributed by atoms with Crippen LogP contribution in [0, 0.1) is 11.8 Å². The van der Waals surface area contributed by atoms with Crippen LogP contribution in [0.1, 0.15) is 44.0 Å². The number of ether oxygens (including phenoxy) is 2. The molecule has 3 atom stereocenters. The number of benzene rings is 1. The van der Waals surface area contributed by atoms with Gasteiger partial charge >= 0.3 is 0 Å². The lowest BCUT2D eigenvalue weighted by Crippen LogP contribution is -2.49. The molecule has 170 valence electrons. The minimum atomic E-state index is -0.210. The van der Waals surface area contributed by atoms with Crippen LogP contribution in [0.4, 0.5) is 5.69 Å². The van der Waals surface area contributed by atoms with Crippen LogP contribution in [-0.2, 0) is 14.3 Å². The van der Waals surface area contributed by atoms with Crippen molar-refractivity contribution in [2.75, 3.05) is 39.2 Å². The topological polar surface area (TPSA) is 88.2 Å². The number of amides is 3. The molecule has 0 spiro atoms. The SMILES string of the molecule is CO[C@H]1CN(C)C(=O)c2ccc(NC(C)=O)cc2OC[C@@H](C)N(C(=O)C2CC2)C[C@@H]1C. The van der Waals surface area contributed by atoms with Gasteiger partial charge in [-0.15, -0.1) is 0 Å². The van der Waals surface area contributed by atoms with E-state index >= 15 is 0 Å². The third-order valence-electron chi connectivity index (χ3n) is 5.98. The Balaban J connectivity index is 1.95. The fourth-order valence-electron chi connectivity index (χ4n) is 3.92. The molecule has 1 aliphatic heterocycles. The maximum atomic E-state index is 13.1. The predicted molar refractivity (Wildman–Crippen MR) is 117 cm³/mol. The molecular formula is C23H33N3O5. The van der Waals surface area contributed by atoms with Crippen molar-refractivity contribution in [3.05, 3.63) is 23.8 Å². The number of nitrogens with one attached hydrogen (secondary N) is 1. The van der Waals surface area contributed by atoms with Crippen molar-refractivity contribution >= 4 is 23.4 Å². The molecule has 1 fully saturated rings. The van der Waals surface area contributed by atoms with E-state index in [-0.39, 0.29) is 48.3 Å². The zero-order valence-corrected chi connectivity index (χ0v) is 19.0. The van der Waals surface area contributed by atoms with Gasteiger partial charge in [0, 0.05) is 57.8 Å². The van der Waals surface area contributed by atoms with Crippen LogP contribution in [0.25, 0.3) is 0 Å². The molecule has 1 aromatic rings. The number of methoxy groups -OCH3 is 1. The Labute approximate surface area is 183 Å². The van der Waals surface area contributed by atoms with Crippen molar-refractivity contribution in [3.63, 3.8) is 0 Å². The summed E-state index contributed by atoms with van der Waals surface area (Å²) in [5.74, 6) is 0.307. The van der Waals surface area contributed by atoms with Crippen molar-refractivity contribution in [3.8, 4) is 5.75 Å². The smallest absolute Gasteiger partial charge is 0.257 e. The third kappa shape index (κ3) is 5.55. The first-order valence-corrected chi connectivity index (χ1v) is 10.8. The summed E-state index contributed by atoms with van der Waals surface area (Å²) in [4.78, 5) is 41.1. The van der Waals surface area contributed by atoms with Gasteiger partial charge in [0.1, 0.15) is 12.4 Å². The van der Waals surface area contributed by atoms with E-state index in [0.29, 0.717) is 30.1 Å². The van der Waals surface area contributed by atoms with Crippen LogP contribution >= 0.6 is 0 Å². The summed E-state index contributed by atoms with van der Waals surface area (Å²) < 4.78 is 11.8. The number of nitrogens with zero attached hydrogens (tertiary/aromatic N) is 2. The van der Waals surface area contributed by atoms with Crippen LogP contribution in [0.2, 0.25) is 0 Å². The molecule has 8 nitrogen and oxygen atoms in total. The molecule has 0 saturated heterocycles. The first-order chi connectivity index (χ1) is 14.7. The summed E-state index contributed by atoms with van der Waals surface area (Å²) in [5, 5.41) is 2.72. The van der Waals surface area contributed by atoms with E-state index in [1.807, 2.05) is 18.7 Å². The number of fused-ring (bicyclic) bond motifs is 1. The van der Waals surface area contributed by atoms with E-state index in [9.17, 15) is 14.4 Å². The molecular weight excluding hydrogens is 398 g/mol. The Morgan fingerprint density at radius 3 is 2.52 bits per heavy atom. The quantitative estimate of drug-likeness (QED) is 0.794. The highest BCUT2D eigenvalue weighted by atomic mass is 16.5. The number of hydrogen-bond donors (Lipinski definition) is 1. The summed E-state index contributed by atoms with van der Waals surface area (Å²) >= 11 is 0. The van der Waals surface area contributed by atoms with Crippen molar-refractivity contribution in [2.45, 2.75) is 45.8 Å². The van der Waals surface area contributed by atoms with Crippen molar-refractivity contribution in [1.82, 2.24) is 9.80 Å². The van der Waals surface area contributed by atoms with Crippen LogP contribution in [0.3, 0.4) is 0 Å². The second-order valence-corrected chi connectivity index (χ2v) is 8.75. The summed E-state index contributed by atoms with van der Waals surface area (Å²) in [7, 11) is 3.37. The van der Waals surface area contributed by atoms with Crippen LogP contribution in [0.5, 0.6) is 5.75 Å². The van der Waals surface area contributed by atoms with Crippen molar-refractivity contribution < 1.29 is 23.9 Å². The summed E-state index contributed by atoms with van der Waals surface area (Å²) in [5.41, 5.74) is 0.961. The lowest BCUT2D eigenvalue weighted by atomic mass is 10.0. The Morgan fingerprint density at radius 2 is 1.90 bits per heavy atom. The molecule has 1 heterocycles. The molecule has 1 aromatic carbocycles. The average Bonchev–Trinajstić information content (AvgIpc) is 3.57. The highest BCUT2D eigenvalue weighted by Crippen LogP contribution is 2.33. The molecule has 0 bridgehead atoms. The third-order valence-corrected chi connectivity index (χ3v) is 5.98. The molecule has 0 radical (unpaired) electrons. The molecule has 2 aliphatic rings. The van der Waals surface area contributed by atoms with Gasteiger partial charge in [0.25, 0.3) is 5.91 Å². The number of rotatable bonds is 3. The fourth-order valence-corrected chi connectivity index (χ4v) is 3.92. The zero-order valence-electron chi connectivity index (χ0n) is 19.0. The maximum absolute atomic E-state index is 13.1. The first-order valence-electron chi connectivity index (χ1n) is 10.8. The molecule has 3 amide bonds. The molecule has 31 heavy (non-hydrogen) atoms. The highest BCUT2D eigenvalue weighted by molar-refractivity contribution is 5.98. The summed E-state index contributed by atoms with van der Waals surface area (Å²) in [6, 6.07) is 4.83. The largest absolute Gasteiger partial charge is 0.491 e. The number of likely N-dealkylation sites (N-methyl/N-ethyl adjacent to an activating group) is 1. The van der Waals surface area contributed by atoms with E-state index in [1.165, 1.54) is 6.92 Å². The molecule has 0 unspecified atom stereocenters. The second kappa shape index (κ2) is 9.68. The van der Waals surface area contributed by atoms with Crippen molar-refractivity contribution in [2.24, 2.45) is 11.8 Å². The molecule has 8 heteroatoms. The lowest BCUT2D eigenvalue weighted by Gasteiger charge is -2.36. The first kappa shape index (κ1) is 23.1. The Bertz CT molecular complexity index is 839. The Kier molecular flexibility index (Phi) is 7.20. The summed E-state index contributed by atoms with van der Waals surface area (Å²) in [6.07, 6.45) is 1.66. The number of carbonyl (C=O) groups is 3. The van der Waals surface area contributed by atoms with Gasteiger partial charge in [0.15, 0.2) is 0 Å². The Hall–Kier alpha value is -2.61. The van der Waals surface area contributed by atoms with E-state index in [0.717, 1.165) is 12.8 Å². The van der Waals surface area contributed by atoms with Gasteiger partial charge in [-0.25, -0.2) is 0 Å². The zero-order chi connectivity index (χ0) is 22.7. The minimum Gasteiger partial charge on any atom is -0.491 e. The van der Waals surface area contributed by atoms with Gasteiger partial charge in [0.05, 0.1) is 17.7 Å². The van der Waals surface area contributed by atoms with E-state index < -0.39 is 0 Å². The van der Waals surface area contributed by atoms with E-state index in [1.54, 1.807) is 37.3 Å². The van der Waals surface area contributed by atoms with Crippen LogP contribution in [0.15, 0.2) is 18.2 Å². The monoisotopic (exact) mass is 431 g/mol. The predicted octanol–water partition coefficient (Wildman–Crippen LogP) is 2.39. The van der Waals surface area contributed by atoms with Gasteiger partial charge in [0.2, 0.25) is 11.8 Å². The van der Waals surface area contributed by atoms with Crippen molar-refractivity contribution in [1.29, 1.82) is 0 Å². The Morgan fingerprint density at radius 1 is 1.19 bits per heavy atom. The van der Waals surface area contributed by atoms with Gasteiger partial charge in [-0.05, 0) is 31.9 Å². The minimum absolute atomic E-state index is 0.0476. The standard InChI is InChI=1S/C23H33N3O5/c1-14-11-26(22(28)17-6-7-17)15(2)13-31-20-10-18(24-16(3)27)8-9-19(20)23(29)25(4)12-21(14)30-5/h8-10,14-15,17,21H,6-7,11-13H2,1-5H3,(H,24,27)/t14-,15+,21-/m0/s1. The number of carbonyl (C=O) groups excluding carboxylic acids is 3. The average molecular weight is 432 g/mol. The highest BCUT2D eigenvalue weighted by Gasteiger charge is 2.37. The fraction of sp³-hybridized carbons (Fsp3) is 0.609. The van der Waals surface area contributed by atoms with Crippen LogP contribution in [-0.4, -0.2) is 73.5 Å². The molecule has 1 aliphatic carbocycles. The van der Waals surface area contributed by atoms with E-state index in [2.05, 4.69) is 5.32 Å². The molecule has 1 saturated carbocycles. The van der Waals surface area contributed by atoms with Crippen LogP contribution < -0.4 is 10.1 Å². The van der Waals surface area contributed by atoms with Gasteiger partial charge < -0.3 is 24.6 Å². The number of hydrogen-bond acceptors (Lipinski definition) is 5. The molecule has 1 N–H and O–H groups in total. The maximum Gasteiger partial charge on any atom is 0.257 e. The molecule has 0 aromatic heterocycles. The normalized spacial score (nSPS) is 25.1. The summed E-state index contributed by atoms with van der Waals surface area (Å²) in [6.45, 7) is 6.62. The second-order valence-electron chi connectivity index (χ2n) is 8.75. The van der Waals surface area contributed by atoms with Gasteiger partial charge in [-0.3, -0.25) is 14.4 Å². The lowest BCUT2D eigenvalue weighted by molar-refractivity contribution is -0.136. The number of anilines is 1. The van der Waals surface area contributed by atoms with Gasteiger partial charge in [-0.2, -0.15) is 0 Å². The molecule has 3 rings (SSSR count). The van der Waals surface area contributed by atoms with E-state index in [4.69, 9.17) is 9.47 Å².